The molecule has 3 unspecified atom stereocenters. The smallest absolute Gasteiger partial charge is 0.408 e. The van der Waals surface area contributed by atoms with Crippen molar-refractivity contribution in [3.63, 3.8) is 0 Å². The highest BCUT2D eigenvalue weighted by atomic mass is 32.2. The lowest BCUT2D eigenvalue weighted by Gasteiger charge is -2.33. The van der Waals surface area contributed by atoms with Crippen molar-refractivity contribution >= 4 is 50.3 Å². The molecule has 2 saturated heterocycles. The zero-order valence-electron chi connectivity index (χ0n) is 39.4. The number of hydrogen-bond donors (Lipinski definition) is 3. The normalized spacial score (nSPS) is 33.2. The summed E-state index contributed by atoms with van der Waals surface area (Å²) in [5, 5.41) is 6.79. The first-order valence-corrected chi connectivity index (χ1v) is 26.1. The first kappa shape index (κ1) is 46.3. The van der Waals surface area contributed by atoms with Crippen molar-refractivity contribution in [1.82, 2.24) is 25.2 Å². The topological polar surface area (TPSA) is 195 Å². The van der Waals surface area contributed by atoms with Gasteiger partial charge in [0.2, 0.25) is 27.7 Å². The molecule has 68 heavy (non-hydrogen) atoms. The number of carbonyl (C=O) groups is 4. The predicted molar refractivity (Wildman–Crippen MR) is 254 cm³/mol. The van der Waals surface area contributed by atoms with Crippen LogP contribution in [0.4, 0.5) is 10.5 Å². The van der Waals surface area contributed by atoms with Gasteiger partial charge in [-0.1, -0.05) is 45.1 Å². The fourth-order valence-electron chi connectivity index (χ4n) is 11.4. The number of nitrogens with zero attached hydrogens (tertiary/aromatic N) is 3. The van der Waals surface area contributed by atoms with Gasteiger partial charge in [0.05, 0.1) is 37.8 Å². The van der Waals surface area contributed by atoms with Gasteiger partial charge in [0, 0.05) is 42.1 Å². The van der Waals surface area contributed by atoms with Gasteiger partial charge < -0.3 is 39.4 Å². The van der Waals surface area contributed by atoms with Crippen molar-refractivity contribution in [3.8, 4) is 22.9 Å². The molecule has 11 atom stereocenters. The molecule has 10 rings (SSSR count). The van der Waals surface area contributed by atoms with Gasteiger partial charge in [-0.2, -0.15) is 0 Å². The van der Waals surface area contributed by atoms with E-state index in [0.717, 1.165) is 49.0 Å². The lowest BCUT2D eigenvalue weighted by Crippen LogP contribution is -2.59. The predicted octanol–water partition coefficient (Wildman–Crippen LogP) is 5.73. The molecule has 0 radical (unpaired) electrons. The van der Waals surface area contributed by atoms with E-state index in [1.807, 2.05) is 55.5 Å². The first-order chi connectivity index (χ1) is 32.7. The number of sulfonamides is 1. The summed E-state index contributed by atoms with van der Waals surface area (Å²) in [5.41, 5.74) is 1.06. The summed E-state index contributed by atoms with van der Waals surface area (Å²) in [6.07, 6.45) is 7.07. The molecule has 1 aromatic heterocycles. The number of ether oxygens (including phenoxy) is 4. The molecule has 0 bridgehead atoms. The van der Waals surface area contributed by atoms with E-state index >= 15 is 4.79 Å². The Morgan fingerprint density at radius 1 is 0.926 bits per heavy atom. The van der Waals surface area contributed by atoms with Crippen LogP contribution >= 0.6 is 0 Å². The van der Waals surface area contributed by atoms with Crippen molar-refractivity contribution in [3.05, 3.63) is 60.7 Å². The Bertz CT molecular complexity index is 2570. The van der Waals surface area contributed by atoms with Gasteiger partial charge in [0.1, 0.15) is 35.6 Å². The molecule has 3 aromatic rings. The Morgan fingerprint density at radius 2 is 1.68 bits per heavy atom. The lowest BCUT2D eigenvalue weighted by atomic mass is 9.88. The van der Waals surface area contributed by atoms with Gasteiger partial charge in [0.15, 0.2) is 0 Å². The molecule has 7 aliphatic rings. The molecule has 364 valence electrons. The van der Waals surface area contributed by atoms with Crippen LogP contribution in [0.15, 0.2) is 60.7 Å². The van der Waals surface area contributed by atoms with E-state index in [9.17, 15) is 22.8 Å². The molecule has 4 amide bonds. The molecular weight excluding hydrogens is 889 g/mol. The third kappa shape index (κ3) is 9.48. The summed E-state index contributed by atoms with van der Waals surface area (Å²) in [5.74, 6) is 0.181. The third-order valence-corrected chi connectivity index (χ3v) is 17.6. The van der Waals surface area contributed by atoms with Crippen LogP contribution in [-0.2, 0) is 33.9 Å². The van der Waals surface area contributed by atoms with Gasteiger partial charge in [-0.25, -0.2) is 18.2 Å². The number of pyridine rings is 1. The number of nitrogens with one attached hydrogen (secondary N) is 3. The van der Waals surface area contributed by atoms with E-state index in [4.69, 9.17) is 23.9 Å². The number of rotatable bonds is 10. The average Bonchev–Trinajstić information content (AvgIpc) is 4.29. The Balaban J connectivity index is 0.970. The van der Waals surface area contributed by atoms with Crippen molar-refractivity contribution in [2.24, 2.45) is 35.5 Å². The summed E-state index contributed by atoms with van der Waals surface area (Å²) < 4.78 is 52.4. The maximum absolute atomic E-state index is 15.2. The van der Waals surface area contributed by atoms with Crippen LogP contribution in [0.25, 0.3) is 22.0 Å². The number of fused-ring (bicyclic) bond motifs is 4. The summed E-state index contributed by atoms with van der Waals surface area (Å²) in [6, 6.07) is 13.6. The Morgan fingerprint density at radius 3 is 2.40 bits per heavy atom. The SMILES string of the molecule is COc1ccc2c(O[C@@H]3C[C@H]4C(=O)N[C@]5(C(=O)NS(=O)(=O)C6CC6)C[C@H]5/C=C\CC[C@H](C)C[C@@H](C)[C@H](NC(=O)OC5CC6C(C)[C@@H]6C5)C(=O)N4C3)nc(-c3ccc(N4CCOCC4)cc3)cc2c1. The molecule has 6 fully saturated rings. The molecule has 3 N–H and O–H groups in total. The second-order valence-electron chi connectivity index (χ2n) is 20.6. The highest BCUT2D eigenvalue weighted by Crippen LogP contribution is 2.57. The van der Waals surface area contributed by atoms with E-state index < -0.39 is 68.7 Å². The Kier molecular flexibility index (Phi) is 12.6. The second kappa shape index (κ2) is 18.5. The van der Waals surface area contributed by atoms with Crippen LogP contribution in [0.5, 0.6) is 11.6 Å². The number of aromatic nitrogens is 1. The highest BCUT2D eigenvalue weighted by molar-refractivity contribution is 7.91. The summed E-state index contributed by atoms with van der Waals surface area (Å²) >= 11 is 0. The van der Waals surface area contributed by atoms with Crippen molar-refractivity contribution in [2.45, 2.75) is 114 Å². The largest absolute Gasteiger partial charge is 0.497 e. The number of hydrogen-bond acceptors (Lipinski definition) is 12. The molecule has 3 aliphatic heterocycles. The van der Waals surface area contributed by atoms with Gasteiger partial charge in [0.25, 0.3) is 5.91 Å². The van der Waals surface area contributed by atoms with Gasteiger partial charge in [-0.15, -0.1) is 0 Å². The molecule has 16 nitrogen and oxygen atoms in total. The van der Waals surface area contributed by atoms with Crippen LogP contribution in [0, 0.1) is 35.5 Å². The molecule has 4 aliphatic carbocycles. The lowest BCUT2D eigenvalue weighted by molar-refractivity contribution is -0.142. The van der Waals surface area contributed by atoms with Crippen LogP contribution in [-0.4, -0.2) is 117 Å². The number of carbonyl (C=O) groups excluding carboxylic acids is 4. The molecule has 17 heteroatoms. The minimum Gasteiger partial charge on any atom is -0.497 e. The third-order valence-electron chi connectivity index (χ3n) is 15.8. The zero-order valence-corrected chi connectivity index (χ0v) is 40.2. The number of alkyl carbamates (subject to hydrolysis) is 1. The number of methoxy groups -OCH3 is 1. The monoisotopic (exact) mass is 952 g/mol. The molecule has 4 saturated carbocycles. The number of allylic oxidation sites excluding steroid dienone is 1. The summed E-state index contributed by atoms with van der Waals surface area (Å²) in [7, 11) is -2.33. The van der Waals surface area contributed by atoms with Crippen LogP contribution in [0.3, 0.4) is 0 Å². The maximum atomic E-state index is 15.2. The van der Waals surface area contributed by atoms with E-state index in [0.29, 0.717) is 79.4 Å². The fourth-order valence-corrected chi connectivity index (χ4v) is 12.8. The van der Waals surface area contributed by atoms with Gasteiger partial charge in [-0.3, -0.25) is 19.1 Å². The minimum absolute atomic E-state index is 0.0267. The highest BCUT2D eigenvalue weighted by Gasteiger charge is 2.62. The van der Waals surface area contributed by atoms with E-state index in [1.165, 1.54) is 4.90 Å². The summed E-state index contributed by atoms with van der Waals surface area (Å²) in [6.45, 7) is 9.19. The minimum atomic E-state index is -3.93. The van der Waals surface area contributed by atoms with Crippen molar-refractivity contribution in [1.29, 1.82) is 0 Å². The number of morpholine rings is 1. The van der Waals surface area contributed by atoms with Gasteiger partial charge >= 0.3 is 6.09 Å². The average molecular weight is 953 g/mol. The molecule has 4 heterocycles. The number of anilines is 1. The maximum Gasteiger partial charge on any atom is 0.408 e. The number of amides is 4. The fraction of sp³-hybridized carbons (Fsp3) is 0.588. The first-order valence-electron chi connectivity index (χ1n) is 24.6. The number of benzene rings is 2. The van der Waals surface area contributed by atoms with E-state index in [1.54, 1.807) is 7.11 Å². The van der Waals surface area contributed by atoms with E-state index in [2.05, 4.69) is 46.2 Å². The van der Waals surface area contributed by atoms with Crippen molar-refractivity contribution in [2.75, 3.05) is 44.9 Å². The van der Waals surface area contributed by atoms with Crippen LogP contribution < -0.4 is 29.7 Å². The van der Waals surface area contributed by atoms with Crippen LogP contribution in [0.1, 0.15) is 78.6 Å². The molecule has 0 spiro atoms. The van der Waals surface area contributed by atoms with Crippen molar-refractivity contribution < 1.29 is 46.5 Å². The van der Waals surface area contributed by atoms with E-state index in [-0.39, 0.29) is 37.3 Å². The Hall–Kier alpha value is -5.42. The molecular formula is C51H64N6O10S. The standard InChI is InChI=1S/C51H64N6O10S/c1-29-7-5-6-8-34-27-51(34,49(60)55-68(62,63)39-14-15-39)54-46(58)44-26-38(28-57(44)48(59)45(30(2)21-29)53-50(61)67-37-24-41-31(3)42(41)25-37)66-47-40-16-13-36(64-4)22-33(40)23-43(52-47)32-9-11-35(12-10-32)56-17-19-65-20-18-56/h6,8-13,16,22-23,29-31,34,37-39,41-42,44-45H,5,7,14-15,17-21,24-28H2,1-4H3,(H,53,61)(H,54,58)(H,55,60)/b8-6-/t29-,30+,31?,34+,37?,38+,41-,42?,44-,45-,51+/m0/s1. The zero-order chi connectivity index (χ0) is 47.5. The summed E-state index contributed by atoms with van der Waals surface area (Å²) in [4.78, 5) is 66.7. The Labute approximate surface area is 398 Å². The quantitative estimate of drug-likeness (QED) is 0.209. The molecule has 2 aromatic carbocycles. The van der Waals surface area contributed by atoms with Gasteiger partial charge in [-0.05, 0) is 123 Å². The second-order valence-corrected chi connectivity index (χ2v) is 22.6. The van der Waals surface area contributed by atoms with Crippen LogP contribution in [0.2, 0.25) is 0 Å².